The molecule has 43 heavy (non-hydrogen) atoms. The molecule has 0 bridgehead atoms. The van der Waals surface area contributed by atoms with Gasteiger partial charge in [0.05, 0.1) is 46.4 Å². The average molecular weight is 545 g/mol. The van der Waals surface area contributed by atoms with Crippen LogP contribution in [0.1, 0.15) is 50.9 Å². The molecule has 0 atom stereocenters. The monoisotopic (exact) mass is 544 g/mol. The van der Waals surface area contributed by atoms with Crippen LogP contribution in [0.15, 0.2) is 71.8 Å². The lowest BCUT2D eigenvalue weighted by molar-refractivity contribution is 1.27. The highest BCUT2D eigenvalue weighted by Crippen LogP contribution is 2.58. The smallest absolute Gasteiger partial charge is 0.138 e. The summed E-state index contributed by atoms with van der Waals surface area (Å²) in [6, 6.07) is 33.4. The molecule has 2 aliphatic carbocycles. The Balaban J connectivity index is 2.13. The van der Waals surface area contributed by atoms with E-state index >= 15 is 0 Å². The molecule has 0 amide bonds. The molecule has 2 aliphatic rings. The second kappa shape index (κ2) is 11.0. The van der Waals surface area contributed by atoms with Crippen LogP contribution in [0.3, 0.4) is 0 Å². The number of hydrogen-bond donors (Lipinski definition) is 0. The Bertz CT molecular complexity index is 2240. The van der Waals surface area contributed by atoms with Crippen molar-refractivity contribution in [2.24, 2.45) is 0 Å². The Labute approximate surface area is 246 Å². The highest BCUT2D eigenvalue weighted by molar-refractivity contribution is 6.31. The maximum Gasteiger partial charge on any atom is 0.138 e. The summed E-state index contributed by atoms with van der Waals surface area (Å²) in [5.41, 5.74) is 1.04. The first-order valence-electron chi connectivity index (χ1n) is 12.6. The number of fused-ring (bicyclic) bond motifs is 2. The van der Waals surface area contributed by atoms with Gasteiger partial charge in [-0.15, -0.1) is 0 Å². The van der Waals surface area contributed by atoms with Crippen LogP contribution >= 0.6 is 0 Å². The predicted octanol–water partition coefficient (Wildman–Crippen LogP) is 6.32. The van der Waals surface area contributed by atoms with Crippen LogP contribution in [0.4, 0.5) is 0 Å². The van der Waals surface area contributed by atoms with Gasteiger partial charge in [-0.25, -0.2) is 0 Å². The van der Waals surface area contributed by atoms with Crippen molar-refractivity contribution in [3.63, 3.8) is 0 Å². The van der Waals surface area contributed by atoms with E-state index in [1.54, 1.807) is 60.7 Å². The van der Waals surface area contributed by atoms with E-state index < -0.39 is 0 Å². The van der Waals surface area contributed by atoms with Crippen molar-refractivity contribution < 1.29 is 0 Å². The Morgan fingerprint density at radius 1 is 0.488 bits per heavy atom. The number of allylic oxidation sites excluding steroid dienone is 8. The van der Waals surface area contributed by atoms with E-state index in [9.17, 15) is 42.1 Å². The molecule has 0 fully saturated rings. The molecule has 8 nitrogen and oxygen atoms in total. The third-order valence-electron chi connectivity index (χ3n) is 7.24. The van der Waals surface area contributed by atoms with E-state index in [1.807, 2.05) is 24.3 Å². The van der Waals surface area contributed by atoms with Gasteiger partial charge in [-0.05, 0) is 11.1 Å². The minimum Gasteiger partial charge on any atom is -0.198 e. The molecule has 8 heteroatoms. The summed E-state index contributed by atoms with van der Waals surface area (Å²) in [5.74, 6) is 0. The molecule has 0 aliphatic heterocycles. The number of nitriles is 8. The topological polar surface area (TPSA) is 190 Å². The summed E-state index contributed by atoms with van der Waals surface area (Å²) in [6.45, 7) is 0. The third kappa shape index (κ3) is 3.84. The van der Waals surface area contributed by atoms with E-state index in [4.69, 9.17) is 0 Å². The Morgan fingerprint density at radius 3 is 1.33 bits per heavy atom. The molecule has 0 unspecified atom stereocenters. The molecule has 192 valence electrons. The van der Waals surface area contributed by atoms with Crippen LogP contribution in [-0.4, -0.2) is 0 Å². The van der Waals surface area contributed by atoms with Gasteiger partial charge in [0.1, 0.15) is 42.0 Å². The molecule has 0 N–H and O–H groups in total. The summed E-state index contributed by atoms with van der Waals surface area (Å²) in [7, 11) is 0. The van der Waals surface area contributed by atoms with Crippen LogP contribution in [-0.2, 0) is 0 Å². The zero-order chi connectivity index (χ0) is 30.7. The van der Waals surface area contributed by atoms with Crippen LogP contribution in [0.25, 0.3) is 33.4 Å². The third-order valence-corrected chi connectivity index (χ3v) is 7.24. The highest BCUT2D eigenvalue weighted by Gasteiger charge is 2.43. The quantitative estimate of drug-likeness (QED) is 0.342. The first kappa shape index (κ1) is 27.1. The van der Waals surface area contributed by atoms with Crippen molar-refractivity contribution in [2.45, 2.75) is 6.42 Å². The van der Waals surface area contributed by atoms with E-state index in [0.29, 0.717) is 11.1 Å². The Kier molecular flexibility index (Phi) is 6.91. The van der Waals surface area contributed by atoms with Crippen molar-refractivity contribution in [1.29, 1.82) is 42.1 Å². The van der Waals surface area contributed by atoms with Gasteiger partial charge in [0.25, 0.3) is 0 Å². The van der Waals surface area contributed by atoms with Gasteiger partial charge in [0, 0.05) is 44.5 Å². The molecule has 0 radical (unpaired) electrons. The lowest BCUT2D eigenvalue weighted by atomic mass is 9.82. The predicted molar refractivity (Wildman–Crippen MR) is 155 cm³/mol. The second-order valence-corrected chi connectivity index (χ2v) is 9.20. The minimum absolute atomic E-state index is 0.00316. The number of benzene rings is 3. The van der Waals surface area contributed by atoms with Gasteiger partial charge in [-0.3, -0.25) is 0 Å². The molecule has 0 aromatic heterocycles. The minimum atomic E-state index is -0.386. The molecular formula is C35H12N8. The highest BCUT2D eigenvalue weighted by atomic mass is 14.5. The van der Waals surface area contributed by atoms with Gasteiger partial charge in [-0.1, -0.05) is 60.7 Å². The van der Waals surface area contributed by atoms with E-state index in [1.165, 1.54) is 0 Å². The lowest BCUT2D eigenvalue weighted by Gasteiger charge is -2.16. The SMILES string of the molecule is N#CC/C(C#N)=C1\C(c2ccccc2)=C(C#N)c2c(C#N)c3c(c(C#N)c21)C(=C(C#N)C#N)C(c1ccccc1)=C3C#N. The molecule has 3 aromatic rings. The second-order valence-electron chi connectivity index (χ2n) is 9.20. The van der Waals surface area contributed by atoms with Gasteiger partial charge < -0.3 is 0 Å². The average Bonchev–Trinajstić information content (AvgIpc) is 3.57. The first-order valence-corrected chi connectivity index (χ1v) is 12.6. The fourth-order valence-electron chi connectivity index (χ4n) is 5.69. The summed E-state index contributed by atoms with van der Waals surface area (Å²) >= 11 is 0. The Hall–Kier alpha value is -7.46. The van der Waals surface area contributed by atoms with Gasteiger partial charge in [-0.2, -0.15) is 42.1 Å². The zero-order valence-electron chi connectivity index (χ0n) is 22.1. The molecule has 0 saturated carbocycles. The number of nitrogens with zero attached hydrogens (tertiary/aromatic N) is 8. The van der Waals surface area contributed by atoms with Crippen LogP contribution < -0.4 is 0 Å². The van der Waals surface area contributed by atoms with Gasteiger partial charge in [0.15, 0.2) is 0 Å². The molecule has 0 spiro atoms. The summed E-state index contributed by atoms with van der Waals surface area (Å²) in [6.07, 6.45) is -0.356. The maximum atomic E-state index is 10.7. The Morgan fingerprint density at radius 2 is 0.930 bits per heavy atom. The van der Waals surface area contributed by atoms with Crippen LogP contribution in [0, 0.1) is 90.6 Å². The van der Waals surface area contributed by atoms with Gasteiger partial charge in [0.2, 0.25) is 0 Å². The van der Waals surface area contributed by atoms with Crippen molar-refractivity contribution in [3.05, 3.63) is 116 Å². The van der Waals surface area contributed by atoms with E-state index in [-0.39, 0.29) is 84.4 Å². The molecule has 0 saturated heterocycles. The fourth-order valence-corrected chi connectivity index (χ4v) is 5.69. The van der Waals surface area contributed by atoms with Crippen molar-refractivity contribution >= 4 is 33.4 Å². The van der Waals surface area contributed by atoms with Crippen LogP contribution in [0.5, 0.6) is 0 Å². The normalized spacial score (nSPS) is 13.5. The maximum absolute atomic E-state index is 10.7. The standard InChI is InChI=1S/C35H12N8/c36-12-11-22(13-37)30-28(20-7-3-1-4-8-20)24(16-40)32-26(18-42)33-25(17-41)29(21-9-5-2-6-10-21)31(23(14-38)15-39)35(33)27(19-43)34(30)32/h1-10H,11H2/b30-22-. The van der Waals surface area contributed by atoms with E-state index in [2.05, 4.69) is 24.3 Å². The van der Waals surface area contributed by atoms with Crippen molar-refractivity contribution in [1.82, 2.24) is 0 Å². The molecule has 0 heterocycles. The van der Waals surface area contributed by atoms with Crippen molar-refractivity contribution in [2.75, 3.05) is 0 Å². The zero-order valence-corrected chi connectivity index (χ0v) is 22.1. The first-order chi connectivity index (χ1) is 21.1. The molecular weight excluding hydrogens is 532 g/mol. The fraction of sp³-hybridized carbons (Fsp3) is 0.0286. The lowest BCUT2D eigenvalue weighted by Crippen LogP contribution is -2.05. The van der Waals surface area contributed by atoms with Crippen molar-refractivity contribution in [3.8, 4) is 48.6 Å². The molecule has 3 aromatic carbocycles. The summed E-state index contributed by atoms with van der Waals surface area (Å²) in [4.78, 5) is 0. The molecule has 5 rings (SSSR count). The van der Waals surface area contributed by atoms with E-state index in [0.717, 1.165) is 0 Å². The number of hydrogen-bond acceptors (Lipinski definition) is 8. The number of rotatable bonds is 3. The van der Waals surface area contributed by atoms with Gasteiger partial charge >= 0.3 is 0 Å². The largest absolute Gasteiger partial charge is 0.198 e. The summed E-state index contributed by atoms with van der Waals surface area (Å²) in [5, 5.41) is 82.1. The van der Waals surface area contributed by atoms with Crippen LogP contribution in [0.2, 0.25) is 0 Å². The summed E-state index contributed by atoms with van der Waals surface area (Å²) < 4.78 is 0.